The molecule has 5 atom stereocenters. The number of carbonyl (C=O) groups is 4. The molecule has 0 aromatic heterocycles. The fourth-order valence-electron chi connectivity index (χ4n) is 8.99. The lowest BCUT2D eigenvalue weighted by Crippen LogP contribution is -2.30. The summed E-state index contributed by atoms with van der Waals surface area (Å²) in [5, 5.41) is 10.5. The smallest absolute Gasteiger partial charge is 0.462 e. The van der Waals surface area contributed by atoms with Crippen molar-refractivity contribution in [2.75, 3.05) is 39.6 Å². The lowest BCUT2D eigenvalue weighted by Gasteiger charge is -2.21. The van der Waals surface area contributed by atoms with Crippen molar-refractivity contribution in [2.45, 2.75) is 310 Å². The van der Waals surface area contributed by atoms with E-state index in [-0.39, 0.29) is 25.7 Å². The molecule has 0 saturated carbocycles. The first-order chi connectivity index (χ1) is 39.9. The summed E-state index contributed by atoms with van der Waals surface area (Å²) in [7, 11) is -9.89. The number of phosphoric acid groups is 2. The van der Waals surface area contributed by atoms with E-state index >= 15 is 0 Å². The summed E-state index contributed by atoms with van der Waals surface area (Å²) in [6.45, 7) is 9.26. The average molecular weight is 1220 g/mol. The van der Waals surface area contributed by atoms with Crippen LogP contribution in [-0.4, -0.2) is 96.7 Å². The number of aliphatic hydroxyl groups is 1. The van der Waals surface area contributed by atoms with Gasteiger partial charge in [0.25, 0.3) is 0 Å². The number of phosphoric ester groups is 2. The third-order valence-electron chi connectivity index (χ3n) is 14.1. The zero-order valence-electron chi connectivity index (χ0n) is 53.0. The summed E-state index contributed by atoms with van der Waals surface area (Å²) in [6, 6.07) is 0. The number of unbranched alkanes of at least 4 members (excludes halogenated alkanes) is 28. The summed E-state index contributed by atoms with van der Waals surface area (Å²) in [5.41, 5.74) is 0. The van der Waals surface area contributed by atoms with Crippen LogP contribution in [0, 0.1) is 11.8 Å². The van der Waals surface area contributed by atoms with Gasteiger partial charge in [0.1, 0.15) is 19.3 Å². The molecule has 0 spiro atoms. The number of aliphatic hydroxyl groups excluding tert-OH is 1. The topological polar surface area (TPSA) is 237 Å². The van der Waals surface area contributed by atoms with Crippen molar-refractivity contribution in [3.8, 4) is 0 Å². The molecule has 488 valence electrons. The van der Waals surface area contributed by atoms with Gasteiger partial charge in [-0.2, -0.15) is 0 Å². The average Bonchev–Trinajstić information content (AvgIpc) is 3.45. The first-order valence-corrected chi connectivity index (χ1v) is 35.8. The van der Waals surface area contributed by atoms with Crippen LogP contribution in [0.2, 0.25) is 0 Å². The van der Waals surface area contributed by atoms with Gasteiger partial charge < -0.3 is 33.8 Å². The van der Waals surface area contributed by atoms with Gasteiger partial charge >= 0.3 is 39.5 Å². The van der Waals surface area contributed by atoms with Gasteiger partial charge in [0.05, 0.1) is 26.4 Å². The molecule has 19 heteroatoms. The summed E-state index contributed by atoms with van der Waals surface area (Å²) < 4.78 is 67.7. The molecule has 0 aliphatic heterocycles. The molecule has 83 heavy (non-hydrogen) atoms. The molecule has 0 aliphatic rings. The lowest BCUT2D eigenvalue weighted by atomic mass is 10.0. The SMILES string of the molecule is CCCCCC/C=C\C=C/CCCCCCCC(=O)O[C@H](COC(=O)CCCCCCCCCCCCC(C)C)COP(=O)(O)OC[C@@H](O)COP(=O)(O)OC[C@@H](COC(=O)CCCCCCC)OC(=O)CCCCCCCCCC(C)C. The number of ether oxygens (including phenoxy) is 4. The standard InChI is InChI=1S/C64H120O17P2/c1-7-9-11-13-14-15-16-17-18-19-20-25-30-36-42-48-63(68)81-60(53-75-62(67)47-41-35-29-24-22-21-23-27-33-38-44-56(3)4)55-79-83(72,73)77-51-58(65)50-76-82(70,71)78-54-59(52-74-61(66)46-40-32-12-10-8-2)80-64(69)49-43-37-31-26-28-34-39-45-57(5)6/h15-18,56-60,65H,7-14,19-55H2,1-6H3,(H,70,71)(H,72,73)/b16-15-,18-17-/t58-,59+,60+/m0/s1. The predicted molar refractivity (Wildman–Crippen MR) is 331 cm³/mol. The van der Waals surface area contributed by atoms with Crippen molar-refractivity contribution in [3.05, 3.63) is 24.3 Å². The Bertz CT molecular complexity index is 1720. The van der Waals surface area contributed by atoms with E-state index < -0.39 is 97.5 Å². The Morgan fingerprint density at radius 1 is 0.373 bits per heavy atom. The first-order valence-electron chi connectivity index (χ1n) is 32.8. The van der Waals surface area contributed by atoms with Gasteiger partial charge in [-0.25, -0.2) is 9.13 Å². The molecule has 0 rings (SSSR count). The fraction of sp³-hybridized carbons (Fsp3) is 0.875. The molecule has 3 N–H and O–H groups in total. The van der Waals surface area contributed by atoms with E-state index in [0.717, 1.165) is 115 Å². The zero-order valence-corrected chi connectivity index (χ0v) is 54.8. The molecule has 0 saturated heterocycles. The molecule has 0 aromatic rings. The highest BCUT2D eigenvalue weighted by atomic mass is 31.2. The van der Waals surface area contributed by atoms with Crippen LogP contribution < -0.4 is 0 Å². The maximum absolute atomic E-state index is 13.0. The maximum Gasteiger partial charge on any atom is 0.472 e. The van der Waals surface area contributed by atoms with E-state index in [9.17, 15) is 43.2 Å². The fourth-order valence-corrected chi connectivity index (χ4v) is 10.6. The third-order valence-corrected chi connectivity index (χ3v) is 16.0. The van der Waals surface area contributed by atoms with E-state index in [0.29, 0.717) is 31.6 Å². The number of allylic oxidation sites excluding steroid dienone is 4. The van der Waals surface area contributed by atoms with Crippen molar-refractivity contribution in [1.82, 2.24) is 0 Å². The predicted octanol–water partition coefficient (Wildman–Crippen LogP) is 17.2. The summed E-state index contributed by atoms with van der Waals surface area (Å²) in [5.74, 6) is -0.727. The van der Waals surface area contributed by atoms with Gasteiger partial charge in [-0.15, -0.1) is 0 Å². The van der Waals surface area contributed by atoms with Crippen molar-refractivity contribution >= 4 is 39.5 Å². The van der Waals surface area contributed by atoms with Gasteiger partial charge in [-0.05, 0) is 63.2 Å². The minimum atomic E-state index is -4.95. The van der Waals surface area contributed by atoms with Crippen LogP contribution >= 0.6 is 15.6 Å². The van der Waals surface area contributed by atoms with E-state index in [2.05, 4.69) is 65.8 Å². The monoisotopic (exact) mass is 1220 g/mol. The van der Waals surface area contributed by atoms with Crippen LogP contribution in [0.3, 0.4) is 0 Å². The minimum absolute atomic E-state index is 0.0843. The van der Waals surface area contributed by atoms with E-state index in [1.807, 2.05) is 0 Å². The summed E-state index contributed by atoms with van der Waals surface area (Å²) in [6.07, 6.45) is 41.6. The molecule has 0 heterocycles. The van der Waals surface area contributed by atoms with Gasteiger partial charge in [-0.1, -0.05) is 239 Å². The highest BCUT2D eigenvalue weighted by Gasteiger charge is 2.30. The highest BCUT2D eigenvalue weighted by Crippen LogP contribution is 2.45. The molecule has 0 aliphatic carbocycles. The van der Waals surface area contributed by atoms with Crippen LogP contribution in [0.4, 0.5) is 0 Å². The molecule has 0 fully saturated rings. The molecular weight excluding hydrogens is 1100 g/mol. The number of hydrogen-bond acceptors (Lipinski definition) is 15. The Balaban J connectivity index is 5.22. The van der Waals surface area contributed by atoms with E-state index in [4.69, 9.17) is 37.0 Å². The number of rotatable bonds is 61. The number of esters is 4. The van der Waals surface area contributed by atoms with Crippen molar-refractivity contribution in [3.63, 3.8) is 0 Å². The van der Waals surface area contributed by atoms with Crippen LogP contribution in [0.5, 0.6) is 0 Å². The molecule has 0 amide bonds. The molecule has 0 radical (unpaired) electrons. The van der Waals surface area contributed by atoms with Crippen LogP contribution in [0.1, 0.15) is 292 Å². The molecule has 2 unspecified atom stereocenters. The Morgan fingerprint density at radius 2 is 0.651 bits per heavy atom. The maximum atomic E-state index is 13.0. The lowest BCUT2D eigenvalue weighted by molar-refractivity contribution is -0.161. The van der Waals surface area contributed by atoms with Crippen LogP contribution in [0.15, 0.2) is 24.3 Å². The van der Waals surface area contributed by atoms with Gasteiger partial charge in [0.2, 0.25) is 0 Å². The molecule has 0 bridgehead atoms. The quantitative estimate of drug-likeness (QED) is 0.0169. The van der Waals surface area contributed by atoms with Gasteiger partial charge in [-0.3, -0.25) is 37.3 Å². The van der Waals surface area contributed by atoms with Crippen molar-refractivity contribution in [2.24, 2.45) is 11.8 Å². The largest absolute Gasteiger partial charge is 0.472 e. The Labute approximate surface area is 503 Å². The van der Waals surface area contributed by atoms with Crippen molar-refractivity contribution in [1.29, 1.82) is 0 Å². The number of hydrogen-bond donors (Lipinski definition) is 3. The normalized spacial score (nSPS) is 14.5. The Morgan fingerprint density at radius 3 is 0.988 bits per heavy atom. The molecule has 17 nitrogen and oxygen atoms in total. The number of carbonyl (C=O) groups excluding carboxylic acids is 4. The van der Waals surface area contributed by atoms with E-state index in [1.165, 1.54) is 89.9 Å². The molecular formula is C64H120O17P2. The third kappa shape index (κ3) is 58.3. The van der Waals surface area contributed by atoms with Crippen molar-refractivity contribution < 1.29 is 80.2 Å². The second kappa shape index (κ2) is 56.1. The van der Waals surface area contributed by atoms with Gasteiger partial charge in [0, 0.05) is 25.7 Å². The Kier molecular flexibility index (Phi) is 54.4. The summed E-state index contributed by atoms with van der Waals surface area (Å²) >= 11 is 0. The minimum Gasteiger partial charge on any atom is -0.462 e. The Hall–Kier alpha value is -2.46. The zero-order chi connectivity index (χ0) is 61.5. The second-order valence-electron chi connectivity index (χ2n) is 23.4. The summed E-state index contributed by atoms with van der Waals surface area (Å²) in [4.78, 5) is 71.9. The second-order valence-corrected chi connectivity index (χ2v) is 26.3. The van der Waals surface area contributed by atoms with Gasteiger partial charge in [0.15, 0.2) is 12.2 Å². The van der Waals surface area contributed by atoms with Crippen LogP contribution in [-0.2, 0) is 65.4 Å². The van der Waals surface area contributed by atoms with E-state index in [1.54, 1.807) is 0 Å². The van der Waals surface area contributed by atoms with Crippen LogP contribution in [0.25, 0.3) is 0 Å². The first kappa shape index (κ1) is 80.5. The molecule has 0 aromatic carbocycles. The highest BCUT2D eigenvalue weighted by molar-refractivity contribution is 7.47.